The van der Waals surface area contributed by atoms with Crippen molar-refractivity contribution in [3.05, 3.63) is 60.2 Å². The molecule has 0 aromatic carbocycles. The topological polar surface area (TPSA) is 109 Å². The number of hydrogen-bond acceptors (Lipinski definition) is 6. The van der Waals surface area contributed by atoms with Crippen LogP contribution in [0, 0.1) is 0 Å². The SMILES string of the molecule is O=C(CCCC(=O)NN=Cc1ccccn1)NN=Cc1ccccn1. The van der Waals surface area contributed by atoms with E-state index in [4.69, 9.17) is 0 Å². The average molecular weight is 338 g/mol. The van der Waals surface area contributed by atoms with Crippen molar-refractivity contribution in [1.82, 2.24) is 20.8 Å². The molecule has 0 aliphatic heterocycles. The van der Waals surface area contributed by atoms with Crippen LogP contribution in [-0.2, 0) is 9.59 Å². The third-order valence-electron chi connectivity index (χ3n) is 2.96. The molecular formula is C17H18N6O2. The lowest BCUT2D eigenvalue weighted by Gasteiger charge is -2.00. The summed E-state index contributed by atoms with van der Waals surface area (Å²) >= 11 is 0. The van der Waals surface area contributed by atoms with Gasteiger partial charge in [-0.25, -0.2) is 10.9 Å². The Hall–Kier alpha value is -3.42. The van der Waals surface area contributed by atoms with Crippen LogP contribution in [0.2, 0.25) is 0 Å². The zero-order valence-electron chi connectivity index (χ0n) is 13.5. The number of hydrogen-bond donors (Lipinski definition) is 2. The van der Waals surface area contributed by atoms with E-state index in [9.17, 15) is 9.59 Å². The molecule has 2 aromatic heterocycles. The quantitative estimate of drug-likeness (QED) is 0.557. The maximum Gasteiger partial charge on any atom is 0.240 e. The van der Waals surface area contributed by atoms with Crippen LogP contribution in [0.15, 0.2) is 59.0 Å². The minimum atomic E-state index is -0.267. The van der Waals surface area contributed by atoms with Crippen LogP contribution in [0.4, 0.5) is 0 Å². The summed E-state index contributed by atoms with van der Waals surface area (Å²) in [6, 6.07) is 10.8. The van der Waals surface area contributed by atoms with Crippen LogP contribution >= 0.6 is 0 Å². The lowest BCUT2D eigenvalue weighted by atomic mass is 10.2. The maximum absolute atomic E-state index is 11.6. The lowest BCUT2D eigenvalue weighted by Crippen LogP contribution is -2.20. The van der Waals surface area contributed by atoms with Gasteiger partial charge in [0.15, 0.2) is 0 Å². The van der Waals surface area contributed by atoms with Crippen molar-refractivity contribution >= 4 is 24.2 Å². The first-order valence-electron chi connectivity index (χ1n) is 7.70. The van der Waals surface area contributed by atoms with Gasteiger partial charge in [0.1, 0.15) is 0 Å². The molecule has 0 saturated heterocycles. The summed E-state index contributed by atoms with van der Waals surface area (Å²) in [6.07, 6.45) is 6.97. The van der Waals surface area contributed by atoms with Gasteiger partial charge in [-0.2, -0.15) is 10.2 Å². The van der Waals surface area contributed by atoms with Gasteiger partial charge >= 0.3 is 0 Å². The van der Waals surface area contributed by atoms with E-state index < -0.39 is 0 Å². The Morgan fingerprint density at radius 2 is 1.32 bits per heavy atom. The third-order valence-corrected chi connectivity index (χ3v) is 2.96. The predicted molar refractivity (Wildman–Crippen MR) is 93.8 cm³/mol. The Balaban J connectivity index is 1.59. The first-order valence-corrected chi connectivity index (χ1v) is 7.70. The molecule has 2 heterocycles. The normalized spacial score (nSPS) is 10.9. The molecule has 0 aliphatic carbocycles. The number of rotatable bonds is 8. The highest BCUT2D eigenvalue weighted by Crippen LogP contribution is 1.96. The number of carbonyl (C=O) groups excluding carboxylic acids is 2. The molecule has 2 aromatic rings. The molecule has 25 heavy (non-hydrogen) atoms. The molecule has 2 rings (SSSR count). The second-order valence-corrected chi connectivity index (χ2v) is 4.95. The third kappa shape index (κ3) is 7.60. The number of amides is 2. The van der Waals surface area contributed by atoms with Crippen molar-refractivity contribution in [2.24, 2.45) is 10.2 Å². The number of aromatic nitrogens is 2. The second-order valence-electron chi connectivity index (χ2n) is 4.95. The fraction of sp³-hybridized carbons (Fsp3) is 0.176. The second kappa shape index (κ2) is 10.4. The molecule has 0 saturated carbocycles. The molecule has 0 radical (unpaired) electrons. The summed E-state index contributed by atoms with van der Waals surface area (Å²) < 4.78 is 0. The van der Waals surface area contributed by atoms with Gasteiger partial charge in [-0.15, -0.1) is 0 Å². The first-order chi connectivity index (χ1) is 12.2. The van der Waals surface area contributed by atoms with Crippen molar-refractivity contribution < 1.29 is 9.59 Å². The zero-order valence-corrected chi connectivity index (χ0v) is 13.5. The van der Waals surface area contributed by atoms with Gasteiger partial charge in [0.25, 0.3) is 0 Å². The Kier molecular flexibility index (Phi) is 7.44. The molecule has 0 unspecified atom stereocenters. The van der Waals surface area contributed by atoms with Gasteiger partial charge in [0, 0.05) is 25.2 Å². The van der Waals surface area contributed by atoms with Crippen molar-refractivity contribution in [2.75, 3.05) is 0 Å². The lowest BCUT2D eigenvalue weighted by molar-refractivity contribution is -0.122. The summed E-state index contributed by atoms with van der Waals surface area (Å²) in [5, 5.41) is 7.61. The smallest absolute Gasteiger partial charge is 0.240 e. The first kappa shape index (κ1) is 17.9. The Morgan fingerprint density at radius 1 is 0.840 bits per heavy atom. The highest BCUT2D eigenvalue weighted by molar-refractivity contribution is 5.82. The summed E-state index contributed by atoms with van der Waals surface area (Å²) in [6.45, 7) is 0. The summed E-state index contributed by atoms with van der Waals surface area (Å²) in [4.78, 5) is 31.3. The maximum atomic E-state index is 11.6. The molecule has 0 atom stereocenters. The highest BCUT2D eigenvalue weighted by Gasteiger charge is 2.03. The fourth-order valence-corrected chi connectivity index (χ4v) is 1.77. The van der Waals surface area contributed by atoms with Crippen molar-refractivity contribution in [3.63, 3.8) is 0 Å². The number of carbonyl (C=O) groups is 2. The molecule has 2 N–H and O–H groups in total. The molecule has 0 aliphatic rings. The van der Waals surface area contributed by atoms with Crippen molar-refractivity contribution in [2.45, 2.75) is 19.3 Å². The van der Waals surface area contributed by atoms with Crippen LogP contribution in [0.5, 0.6) is 0 Å². The molecule has 2 amide bonds. The standard InChI is InChI=1S/C17H18N6O2/c24-16(22-20-12-14-6-1-3-10-18-14)8-5-9-17(25)23-21-13-15-7-2-4-11-19-15/h1-4,6-7,10-13H,5,8-9H2,(H,22,24)(H,23,25). The molecule has 0 fully saturated rings. The molecule has 0 bridgehead atoms. The van der Waals surface area contributed by atoms with E-state index in [1.54, 1.807) is 36.7 Å². The largest absolute Gasteiger partial charge is 0.273 e. The van der Waals surface area contributed by atoms with Crippen LogP contribution in [0.3, 0.4) is 0 Å². The van der Waals surface area contributed by atoms with Gasteiger partial charge in [0.2, 0.25) is 11.8 Å². The van der Waals surface area contributed by atoms with E-state index in [0.29, 0.717) is 17.8 Å². The number of pyridine rings is 2. The van der Waals surface area contributed by atoms with Gasteiger partial charge in [-0.3, -0.25) is 19.6 Å². The van der Waals surface area contributed by atoms with Crippen LogP contribution in [-0.4, -0.2) is 34.2 Å². The number of hydrazone groups is 2. The van der Waals surface area contributed by atoms with E-state index in [0.717, 1.165) is 0 Å². The van der Waals surface area contributed by atoms with Crippen LogP contribution in [0.25, 0.3) is 0 Å². The van der Waals surface area contributed by atoms with Crippen LogP contribution < -0.4 is 10.9 Å². The highest BCUT2D eigenvalue weighted by atomic mass is 16.2. The zero-order chi connectivity index (χ0) is 17.7. The fourth-order valence-electron chi connectivity index (χ4n) is 1.77. The molecule has 128 valence electrons. The Labute approximate surface area is 145 Å². The van der Waals surface area contributed by atoms with Gasteiger partial charge in [0.05, 0.1) is 23.8 Å². The molecule has 8 nitrogen and oxygen atoms in total. The Bertz CT molecular complexity index is 668. The summed E-state index contributed by atoms with van der Waals surface area (Å²) in [5.74, 6) is -0.533. The number of nitrogens with one attached hydrogen (secondary N) is 2. The van der Waals surface area contributed by atoms with Gasteiger partial charge in [-0.1, -0.05) is 12.1 Å². The van der Waals surface area contributed by atoms with E-state index in [1.165, 1.54) is 12.4 Å². The van der Waals surface area contributed by atoms with E-state index in [-0.39, 0.29) is 24.7 Å². The number of nitrogens with zero attached hydrogens (tertiary/aromatic N) is 4. The summed E-state index contributed by atoms with van der Waals surface area (Å²) in [5.41, 5.74) is 6.07. The molecule has 8 heteroatoms. The van der Waals surface area contributed by atoms with Crippen molar-refractivity contribution in [1.29, 1.82) is 0 Å². The van der Waals surface area contributed by atoms with Crippen LogP contribution in [0.1, 0.15) is 30.7 Å². The van der Waals surface area contributed by atoms with Gasteiger partial charge in [-0.05, 0) is 30.7 Å². The van der Waals surface area contributed by atoms with E-state index in [2.05, 4.69) is 31.0 Å². The van der Waals surface area contributed by atoms with Crippen molar-refractivity contribution in [3.8, 4) is 0 Å². The minimum Gasteiger partial charge on any atom is -0.273 e. The van der Waals surface area contributed by atoms with E-state index in [1.807, 2.05) is 12.1 Å². The Morgan fingerprint density at radius 3 is 1.72 bits per heavy atom. The van der Waals surface area contributed by atoms with Gasteiger partial charge < -0.3 is 0 Å². The predicted octanol–water partition coefficient (Wildman–Crippen LogP) is 1.25. The summed E-state index contributed by atoms with van der Waals surface area (Å²) in [7, 11) is 0. The average Bonchev–Trinajstić information content (AvgIpc) is 2.63. The van der Waals surface area contributed by atoms with E-state index >= 15 is 0 Å². The monoisotopic (exact) mass is 338 g/mol. The minimum absolute atomic E-state index is 0.191. The molecular weight excluding hydrogens is 320 g/mol. The molecule has 0 spiro atoms.